The van der Waals surface area contributed by atoms with E-state index in [4.69, 9.17) is 14.1 Å². The molecule has 0 aromatic carbocycles. The Labute approximate surface area is 76.8 Å². The Balaban J connectivity index is -0.0000000150. The molecule has 3 nitrogen and oxygen atoms in total. The summed E-state index contributed by atoms with van der Waals surface area (Å²) in [6.07, 6.45) is 0. The van der Waals surface area contributed by atoms with Gasteiger partial charge in [0.05, 0.1) is 0 Å². The molecule has 0 heterocycles. The first-order valence-electron chi connectivity index (χ1n) is 0.651. The maximum Gasteiger partial charge on any atom is 0.761 e. The summed E-state index contributed by atoms with van der Waals surface area (Å²) in [7, 11) is -3.13. The summed E-state index contributed by atoms with van der Waals surface area (Å²) in [5, 5.41) is 0. The minimum Gasteiger partial charge on any atom is -0.511 e. The van der Waals surface area contributed by atoms with Gasteiger partial charge in [0.15, 0.2) is 17.4 Å². The Morgan fingerprint density at radius 1 is 1.29 bits per heavy atom. The molecular weight excluding hydrogens is 232 g/mol. The van der Waals surface area contributed by atoms with Crippen molar-refractivity contribution in [3.63, 3.8) is 0 Å². The van der Waals surface area contributed by atoms with Crippen molar-refractivity contribution < 1.29 is 50.6 Å². The molecule has 1 radical (unpaired) electrons. The number of hydrogen-bond acceptors (Lipinski definition) is 1. The summed E-state index contributed by atoms with van der Waals surface area (Å²) in [5.74, 6) is 0. The van der Waals surface area contributed by atoms with E-state index in [1.807, 2.05) is 0 Å². The van der Waals surface area contributed by atoms with E-state index in [1.165, 1.54) is 0 Å². The topological polar surface area (TPSA) is 57.5 Å². The van der Waals surface area contributed by atoms with Crippen LogP contribution in [-0.2, 0) is 41.0 Å². The molecule has 0 aliphatic rings. The van der Waals surface area contributed by atoms with Crippen LogP contribution < -0.4 is 0 Å². The van der Waals surface area contributed by atoms with Crippen LogP contribution in [0.4, 0.5) is 0 Å². The van der Waals surface area contributed by atoms with Crippen LogP contribution in [0.25, 0.3) is 0 Å². The monoisotopic (exact) mass is 235 g/mol. The molecule has 0 spiro atoms. The molecule has 7 heavy (non-hydrogen) atoms. The van der Waals surface area contributed by atoms with E-state index in [2.05, 4.69) is 0 Å². The molecule has 0 bridgehead atoms. The molecule has 0 aliphatic heterocycles. The van der Waals surface area contributed by atoms with E-state index in [0.717, 1.165) is 0 Å². The van der Waals surface area contributed by atoms with E-state index in [0.29, 0.717) is 0 Å². The van der Waals surface area contributed by atoms with Gasteiger partial charge in [-0.25, -0.2) is 0 Å². The minimum atomic E-state index is -3.13. The zero-order valence-electron chi connectivity index (χ0n) is 2.81. The van der Waals surface area contributed by atoms with Crippen molar-refractivity contribution in [2.45, 2.75) is 0 Å². The molecule has 2 N–H and O–H groups in total. The van der Waals surface area contributed by atoms with Crippen LogP contribution in [0, 0.1) is 0 Å². The van der Waals surface area contributed by atoms with Crippen molar-refractivity contribution >= 4 is 26.5 Å². The van der Waals surface area contributed by atoms with Crippen LogP contribution in [0.15, 0.2) is 0 Å². The second-order valence-corrected chi connectivity index (χ2v) is 0.848. The molecule has 0 aromatic heterocycles. The fraction of sp³-hybridized carbons (Fsp3) is 0. The molecule has 0 fully saturated rings. The van der Waals surface area contributed by atoms with Crippen molar-refractivity contribution in [2.75, 3.05) is 0 Å². The molecule has 0 saturated carbocycles. The fourth-order valence-electron chi connectivity index (χ4n) is 0. The van der Waals surface area contributed by atoms with Crippen LogP contribution in [0.3, 0.4) is 0 Å². The molecule has 0 atom stereocenters. The van der Waals surface area contributed by atoms with Gasteiger partial charge in [0.25, 0.3) is 0 Å². The maximum absolute atomic E-state index is 8.74. The first-order chi connectivity index (χ1) is 1.73. The third-order valence-electron chi connectivity index (χ3n) is 0. The predicted octanol–water partition coefficient (Wildman–Crippen LogP) is -2.80. The van der Waals surface area contributed by atoms with E-state index in [1.54, 1.807) is 0 Å². The molecule has 7 heteroatoms. The van der Waals surface area contributed by atoms with Gasteiger partial charge in [0, 0.05) is 36.5 Å². The minimum absolute atomic E-state index is 0. The van der Waals surface area contributed by atoms with Gasteiger partial charge in [-0.1, -0.05) is 0 Å². The SMILES string of the molecule is O=[Si](O)O.[AlH3].[Cu].[Zn]. The Hall–Kier alpha value is 1.29. The molecule has 0 unspecified atom stereocenters. The zero-order chi connectivity index (χ0) is 3.58. The van der Waals surface area contributed by atoms with Crippen molar-refractivity contribution in [1.29, 1.82) is 0 Å². The summed E-state index contributed by atoms with van der Waals surface area (Å²) in [6, 6.07) is 0. The van der Waals surface area contributed by atoms with Gasteiger partial charge in [-0.3, -0.25) is 4.46 Å². The maximum atomic E-state index is 8.74. The Morgan fingerprint density at radius 2 is 1.29 bits per heavy atom. The third-order valence-corrected chi connectivity index (χ3v) is 0. The molecule has 0 rings (SSSR count). The number of rotatable bonds is 0. The molecule has 0 aliphatic carbocycles. The fourth-order valence-corrected chi connectivity index (χ4v) is 0. The summed E-state index contributed by atoms with van der Waals surface area (Å²) < 4.78 is 8.74. The molecule has 0 saturated heterocycles. The Morgan fingerprint density at radius 3 is 1.29 bits per heavy atom. The van der Waals surface area contributed by atoms with Crippen LogP contribution in [0.2, 0.25) is 0 Å². The summed E-state index contributed by atoms with van der Waals surface area (Å²) in [4.78, 5) is 14.3. The Kier molecular flexibility index (Phi) is 53.6. The second-order valence-electron chi connectivity index (χ2n) is 0.283. The van der Waals surface area contributed by atoms with Gasteiger partial charge in [-0.2, -0.15) is 0 Å². The average molecular weight is 237 g/mol. The molecule has 0 amide bonds. The van der Waals surface area contributed by atoms with Gasteiger partial charge < -0.3 is 9.59 Å². The Bertz CT molecular complexity index is 37.9. The van der Waals surface area contributed by atoms with Gasteiger partial charge >= 0.3 is 9.17 Å². The van der Waals surface area contributed by atoms with E-state index in [-0.39, 0.29) is 53.9 Å². The van der Waals surface area contributed by atoms with Gasteiger partial charge in [0.2, 0.25) is 0 Å². The average Bonchev–Trinajstić information content (AvgIpc) is 0.811. The standard InChI is InChI=1S/Al.Cu.H2O3Si.Zn.3H/c;;1-4(2)3;;;;/h;;1-2H;;;;. The van der Waals surface area contributed by atoms with Crippen molar-refractivity contribution in [2.24, 2.45) is 0 Å². The third kappa shape index (κ3) is 122. The largest absolute Gasteiger partial charge is 0.761 e. The molecule has 0 aromatic rings. The molecule has 43 valence electrons. The van der Waals surface area contributed by atoms with Gasteiger partial charge in [0.1, 0.15) is 0 Å². The van der Waals surface area contributed by atoms with Gasteiger partial charge in [-0.05, 0) is 0 Å². The van der Waals surface area contributed by atoms with Crippen LogP contribution in [0.5, 0.6) is 0 Å². The van der Waals surface area contributed by atoms with Crippen LogP contribution >= 0.6 is 0 Å². The van der Waals surface area contributed by atoms with Crippen LogP contribution in [-0.4, -0.2) is 36.1 Å². The zero-order valence-corrected chi connectivity index (χ0v) is 7.72. The first-order valence-corrected chi connectivity index (χ1v) is 1.95. The normalized spacial score (nSPS) is 3.43. The van der Waals surface area contributed by atoms with Crippen molar-refractivity contribution in [3.05, 3.63) is 0 Å². The summed E-state index contributed by atoms with van der Waals surface area (Å²) >= 11 is 0. The van der Waals surface area contributed by atoms with Crippen molar-refractivity contribution in [3.8, 4) is 0 Å². The smallest absolute Gasteiger partial charge is 0.511 e. The van der Waals surface area contributed by atoms with Crippen LogP contribution in [0.1, 0.15) is 0 Å². The van der Waals surface area contributed by atoms with Gasteiger partial charge in [-0.15, -0.1) is 0 Å². The van der Waals surface area contributed by atoms with E-state index in [9.17, 15) is 0 Å². The van der Waals surface area contributed by atoms with E-state index >= 15 is 0 Å². The summed E-state index contributed by atoms with van der Waals surface area (Å²) in [6.45, 7) is 0. The quantitative estimate of drug-likeness (QED) is 0.447. The summed E-state index contributed by atoms with van der Waals surface area (Å²) in [5.41, 5.74) is 0. The van der Waals surface area contributed by atoms with Crippen molar-refractivity contribution in [1.82, 2.24) is 0 Å². The predicted molar refractivity (Wildman–Crippen MR) is 20.8 cm³/mol. The number of hydrogen-bond donors (Lipinski definition) is 2. The second kappa shape index (κ2) is 15.7. The molecular formula is H5AlCuO3SiZn. The van der Waals surface area contributed by atoms with E-state index < -0.39 is 9.17 Å². The first kappa shape index (κ1) is 23.9.